The zero-order valence-electron chi connectivity index (χ0n) is 28.4. The van der Waals surface area contributed by atoms with Gasteiger partial charge in [-0.15, -0.1) is 0 Å². The summed E-state index contributed by atoms with van der Waals surface area (Å²) in [4.78, 5) is 92.7. The highest BCUT2D eigenvalue weighted by Crippen LogP contribution is 2.39. The molecule has 2 heterocycles. The van der Waals surface area contributed by atoms with Crippen molar-refractivity contribution >= 4 is 57.9 Å². The van der Waals surface area contributed by atoms with Crippen LogP contribution in [0.3, 0.4) is 0 Å². The third kappa shape index (κ3) is 6.71. The van der Waals surface area contributed by atoms with Crippen molar-refractivity contribution in [2.24, 2.45) is 10.7 Å². The number of carbonyl (C=O) groups excluding carboxylic acids is 5. The number of carboxylic acids is 1. The summed E-state index contributed by atoms with van der Waals surface area (Å²) in [5.74, 6) is -4.98. The maximum absolute atomic E-state index is 14.4. The number of carbonyl (C=O) groups is 6. The van der Waals surface area contributed by atoms with Gasteiger partial charge in [0.25, 0.3) is 5.91 Å². The second-order valence-electron chi connectivity index (χ2n) is 12.6. The lowest BCUT2D eigenvalue weighted by atomic mass is 9.89. The summed E-state index contributed by atoms with van der Waals surface area (Å²) >= 11 is 0. The summed E-state index contributed by atoms with van der Waals surface area (Å²) in [5.41, 5.74) is 6.13. The molecule has 3 atom stereocenters. The lowest BCUT2D eigenvalue weighted by Crippen LogP contribution is -2.56. The van der Waals surface area contributed by atoms with E-state index in [-0.39, 0.29) is 12.2 Å². The van der Waals surface area contributed by atoms with Gasteiger partial charge in [0.2, 0.25) is 5.91 Å². The van der Waals surface area contributed by atoms with Crippen molar-refractivity contribution < 1.29 is 38.7 Å². The molecule has 0 aliphatic carbocycles. The van der Waals surface area contributed by atoms with Crippen molar-refractivity contribution in [2.75, 3.05) is 18.0 Å². The minimum absolute atomic E-state index is 0.0359. The molecule has 0 radical (unpaired) electrons. The number of rotatable bonds is 12. The molecule has 0 aromatic heterocycles. The Morgan fingerprint density at radius 2 is 1.63 bits per heavy atom. The molecule has 52 heavy (non-hydrogen) atoms. The number of anilines is 1. The minimum Gasteiger partial charge on any atom is -0.481 e. The summed E-state index contributed by atoms with van der Waals surface area (Å²) in [6, 6.07) is 23.1. The molecule has 0 spiro atoms. The van der Waals surface area contributed by atoms with Crippen LogP contribution in [0.2, 0.25) is 0 Å². The average molecular weight is 705 g/mol. The van der Waals surface area contributed by atoms with Gasteiger partial charge in [-0.3, -0.25) is 34.0 Å². The maximum atomic E-state index is 14.4. The molecular formula is C38H36N6O8. The van der Waals surface area contributed by atoms with Crippen LogP contribution in [0.4, 0.5) is 10.5 Å². The molecule has 14 nitrogen and oxygen atoms in total. The molecule has 1 fully saturated rings. The lowest BCUT2D eigenvalue weighted by molar-refractivity contribution is -0.186. The number of nitrogens with two attached hydrogens (primary N) is 1. The van der Waals surface area contributed by atoms with Crippen molar-refractivity contribution in [1.29, 1.82) is 0 Å². The highest BCUT2D eigenvalue weighted by molar-refractivity contribution is 6.15. The fraction of sp³-hybridized carbons (Fsp3) is 0.237. The van der Waals surface area contributed by atoms with E-state index >= 15 is 0 Å². The van der Waals surface area contributed by atoms with Crippen LogP contribution < -0.4 is 16.0 Å². The predicted molar refractivity (Wildman–Crippen MR) is 190 cm³/mol. The molecule has 4 aromatic rings. The summed E-state index contributed by atoms with van der Waals surface area (Å²) in [6.45, 7) is 3.82. The van der Waals surface area contributed by atoms with Crippen LogP contribution in [-0.2, 0) is 40.9 Å². The molecular weight excluding hydrogens is 668 g/mol. The van der Waals surface area contributed by atoms with Crippen molar-refractivity contribution in [3.05, 3.63) is 114 Å². The maximum Gasteiger partial charge on any atom is 0.363 e. The number of nitrogens with zero attached hydrogens (tertiary/aromatic N) is 4. The Bertz CT molecular complexity index is 2100. The van der Waals surface area contributed by atoms with Gasteiger partial charge in [-0.1, -0.05) is 83.9 Å². The van der Waals surface area contributed by atoms with E-state index in [1.807, 2.05) is 42.5 Å². The van der Waals surface area contributed by atoms with E-state index in [0.717, 1.165) is 28.2 Å². The SMILES string of the molecule is CC(=O)[C@@H](C(=O)ON1C(=O)N(Cc2ccc3ccccc3c2)[C@](C)(c2ccc(C3=NCCN3)cc2)C1=O)N(C(=O)[C@@H](N)CC(=O)O)c1ccccc1. The second kappa shape index (κ2) is 14.4. The fourth-order valence-corrected chi connectivity index (χ4v) is 6.39. The van der Waals surface area contributed by atoms with Crippen LogP contribution in [-0.4, -0.2) is 81.6 Å². The third-order valence-corrected chi connectivity index (χ3v) is 9.13. The smallest absolute Gasteiger partial charge is 0.363 e. The number of amides is 4. The largest absolute Gasteiger partial charge is 0.481 e. The Kier molecular flexibility index (Phi) is 9.84. The number of urea groups is 1. The van der Waals surface area contributed by atoms with E-state index in [1.165, 1.54) is 36.1 Å². The minimum atomic E-state index is -2.03. The molecule has 1 saturated heterocycles. The van der Waals surface area contributed by atoms with Gasteiger partial charge < -0.3 is 21.0 Å². The molecule has 0 unspecified atom stereocenters. The number of hydrogen-bond donors (Lipinski definition) is 3. The van der Waals surface area contributed by atoms with Gasteiger partial charge >= 0.3 is 18.0 Å². The van der Waals surface area contributed by atoms with E-state index in [1.54, 1.807) is 30.3 Å². The van der Waals surface area contributed by atoms with Gasteiger partial charge in [-0.25, -0.2) is 9.59 Å². The summed E-state index contributed by atoms with van der Waals surface area (Å²) in [5, 5.41) is 14.7. The molecule has 0 saturated carbocycles. The zero-order chi connectivity index (χ0) is 37.2. The monoisotopic (exact) mass is 704 g/mol. The van der Waals surface area contributed by atoms with E-state index in [0.29, 0.717) is 35.1 Å². The van der Waals surface area contributed by atoms with Crippen LogP contribution in [0, 0.1) is 0 Å². The van der Waals surface area contributed by atoms with Gasteiger partial charge in [-0.05, 0) is 53.9 Å². The standard InChI is InChI=1S/C38H36N6O8/c1-23(45)32(43(29-10-4-3-5-11-29)34(48)30(39)21-31(46)47)35(49)52-44-36(50)38(2,28-16-14-26(15-17-28)33-40-18-19-41-33)42(37(44)51)22-24-12-13-25-8-6-7-9-27(25)20-24/h3-17,20,30,32H,18-19,21-22,39H2,1-2H3,(H,40,41)(H,46,47)/t30-,32-,38+/m0/s1. The molecule has 14 heteroatoms. The Labute approximate surface area is 298 Å². The molecule has 6 rings (SSSR count). The van der Waals surface area contributed by atoms with Crippen LogP contribution >= 0.6 is 0 Å². The molecule has 4 amide bonds. The number of para-hydroxylation sites is 1. The van der Waals surface area contributed by atoms with Gasteiger partial charge in [-0.2, -0.15) is 0 Å². The number of aliphatic imine (C=N–C) groups is 1. The molecule has 4 aromatic carbocycles. The number of hydroxylamine groups is 2. The first-order valence-corrected chi connectivity index (χ1v) is 16.5. The Hall–Kier alpha value is -6.41. The number of imide groups is 1. The molecule has 2 aliphatic rings. The molecule has 266 valence electrons. The number of carboxylic acid groups (broad SMARTS) is 1. The number of nitrogens with one attached hydrogen (secondary N) is 1. The first-order chi connectivity index (χ1) is 24.9. The molecule has 2 aliphatic heterocycles. The quantitative estimate of drug-likeness (QED) is 0.146. The van der Waals surface area contributed by atoms with Crippen LogP contribution in [0.1, 0.15) is 37.0 Å². The van der Waals surface area contributed by atoms with Gasteiger partial charge in [0.05, 0.1) is 19.0 Å². The number of fused-ring (bicyclic) bond motifs is 1. The van der Waals surface area contributed by atoms with Crippen molar-refractivity contribution in [1.82, 2.24) is 15.3 Å². The van der Waals surface area contributed by atoms with Gasteiger partial charge in [0.1, 0.15) is 11.4 Å². The number of aliphatic carboxylic acids is 1. The number of Topliss-reactive ketones (excluding diaryl/α,β-unsaturated/α-hetero) is 1. The van der Waals surface area contributed by atoms with E-state index in [4.69, 9.17) is 10.6 Å². The highest BCUT2D eigenvalue weighted by atomic mass is 16.7. The highest BCUT2D eigenvalue weighted by Gasteiger charge is 2.58. The van der Waals surface area contributed by atoms with Crippen LogP contribution in [0.25, 0.3) is 10.8 Å². The molecule has 0 bridgehead atoms. The van der Waals surface area contributed by atoms with E-state index in [2.05, 4.69) is 10.3 Å². The van der Waals surface area contributed by atoms with Crippen molar-refractivity contribution in [2.45, 2.75) is 44.4 Å². The second-order valence-corrected chi connectivity index (χ2v) is 12.6. The first-order valence-electron chi connectivity index (χ1n) is 16.5. The fourth-order valence-electron chi connectivity index (χ4n) is 6.39. The summed E-state index contributed by atoms with van der Waals surface area (Å²) in [6.07, 6.45) is -0.796. The number of benzene rings is 4. The summed E-state index contributed by atoms with van der Waals surface area (Å²) < 4.78 is 0. The zero-order valence-corrected chi connectivity index (χ0v) is 28.4. The van der Waals surface area contributed by atoms with Gasteiger partial charge in [0, 0.05) is 24.3 Å². The number of ketones is 1. The van der Waals surface area contributed by atoms with E-state index < -0.39 is 59.6 Å². The normalized spacial score (nSPS) is 18.1. The number of hydrogen-bond acceptors (Lipinski definition) is 10. The van der Waals surface area contributed by atoms with E-state index in [9.17, 15) is 33.9 Å². The lowest BCUT2D eigenvalue weighted by Gasteiger charge is -2.32. The first kappa shape index (κ1) is 35.4. The Balaban J connectivity index is 1.37. The van der Waals surface area contributed by atoms with Gasteiger partial charge in [0.15, 0.2) is 11.8 Å². The summed E-state index contributed by atoms with van der Waals surface area (Å²) in [7, 11) is 0. The Morgan fingerprint density at radius 1 is 0.962 bits per heavy atom. The van der Waals surface area contributed by atoms with Crippen LogP contribution in [0.15, 0.2) is 102 Å². The topological polar surface area (TPSA) is 192 Å². The Morgan fingerprint density at radius 3 is 2.27 bits per heavy atom. The third-order valence-electron chi connectivity index (χ3n) is 9.13. The predicted octanol–water partition coefficient (Wildman–Crippen LogP) is 3.12. The van der Waals surface area contributed by atoms with Crippen molar-refractivity contribution in [3.63, 3.8) is 0 Å². The van der Waals surface area contributed by atoms with Crippen LogP contribution in [0.5, 0.6) is 0 Å². The number of amidine groups is 1. The molecule has 4 N–H and O–H groups in total. The average Bonchev–Trinajstić information content (AvgIpc) is 3.74. The van der Waals surface area contributed by atoms with Crippen molar-refractivity contribution in [3.8, 4) is 0 Å².